The van der Waals surface area contributed by atoms with Crippen molar-refractivity contribution in [1.29, 1.82) is 0 Å². The van der Waals surface area contributed by atoms with Gasteiger partial charge in [0.25, 0.3) is 0 Å². The maximum atomic E-state index is 12.6. The summed E-state index contributed by atoms with van der Waals surface area (Å²) < 4.78 is 5.19. The summed E-state index contributed by atoms with van der Waals surface area (Å²) in [5.41, 5.74) is -0.382. The monoisotopic (exact) mass is 414 g/mol. The van der Waals surface area contributed by atoms with E-state index in [1.165, 1.54) is 0 Å². The van der Waals surface area contributed by atoms with Gasteiger partial charge < -0.3 is 20.2 Å². The Morgan fingerprint density at radius 3 is 1.93 bits per heavy atom. The molecule has 0 spiro atoms. The number of carbonyl (C=O) groups excluding carboxylic acids is 3. The zero-order valence-electron chi connectivity index (χ0n) is 18.1. The van der Waals surface area contributed by atoms with Crippen LogP contribution in [0, 0.1) is 34.5 Å². The molecule has 0 aromatic heterocycles. The Labute approximate surface area is 178 Å². The number of hydrogen-bond donors (Lipinski definition) is 2. The van der Waals surface area contributed by atoms with Gasteiger partial charge in [-0.3, -0.25) is 4.79 Å². The van der Waals surface area contributed by atoms with E-state index in [1.54, 1.807) is 6.92 Å². The van der Waals surface area contributed by atoms with Crippen LogP contribution in [0.4, 0.5) is 4.79 Å². The Balaban J connectivity index is 1.32. The number of ether oxygens (including phenoxy) is 1. The van der Waals surface area contributed by atoms with Gasteiger partial charge in [0.15, 0.2) is 0 Å². The molecular formula is C24H34N2O4. The Hall–Kier alpha value is -2.11. The van der Waals surface area contributed by atoms with Crippen LogP contribution in [0.2, 0.25) is 0 Å². The van der Waals surface area contributed by atoms with E-state index < -0.39 is 0 Å². The molecule has 0 saturated heterocycles. The standard InChI is InChI=1S/C24H34N2O4/c1-3-30-21(28)13-24(12-18-7-5-9-20(18)24)15-26-22(29)25-14-23(10-16(2)27)11-17-6-4-8-19(17)23/h4-5,8-9,17-20H,3,6-7,10-15H2,1-2H3,(H2,25,26,29). The third-order valence-corrected chi connectivity index (χ3v) is 7.94. The highest BCUT2D eigenvalue weighted by molar-refractivity contribution is 5.77. The number of esters is 1. The van der Waals surface area contributed by atoms with Gasteiger partial charge in [0.1, 0.15) is 5.78 Å². The zero-order valence-corrected chi connectivity index (χ0v) is 18.1. The molecule has 4 aliphatic rings. The summed E-state index contributed by atoms with van der Waals surface area (Å²) >= 11 is 0. The number of nitrogens with one attached hydrogen (secondary N) is 2. The third-order valence-electron chi connectivity index (χ3n) is 7.94. The highest BCUT2D eigenvalue weighted by Gasteiger charge is 2.55. The summed E-state index contributed by atoms with van der Waals surface area (Å²) in [6.07, 6.45) is 13.8. The van der Waals surface area contributed by atoms with Crippen molar-refractivity contribution in [2.24, 2.45) is 34.5 Å². The molecule has 2 fully saturated rings. The Kier molecular flexibility index (Phi) is 5.78. The van der Waals surface area contributed by atoms with Crippen molar-refractivity contribution in [3.05, 3.63) is 24.3 Å². The van der Waals surface area contributed by atoms with Gasteiger partial charge in [-0.15, -0.1) is 0 Å². The lowest BCUT2D eigenvalue weighted by Crippen LogP contribution is -2.57. The fourth-order valence-electron chi connectivity index (χ4n) is 6.69. The SMILES string of the molecule is CCOC(=O)CC1(CNC(=O)NCC2(CC(C)=O)CC3CC=CC32)CC2CC=CC21. The largest absolute Gasteiger partial charge is 0.466 e. The van der Waals surface area contributed by atoms with Gasteiger partial charge in [0, 0.05) is 30.3 Å². The van der Waals surface area contributed by atoms with Gasteiger partial charge in [-0.25, -0.2) is 4.79 Å². The lowest BCUT2D eigenvalue weighted by Gasteiger charge is -2.53. The second-order valence-corrected chi connectivity index (χ2v) is 9.93. The van der Waals surface area contributed by atoms with E-state index in [1.807, 2.05) is 6.92 Å². The molecule has 0 aromatic carbocycles. The molecule has 0 bridgehead atoms. The second-order valence-electron chi connectivity index (χ2n) is 9.93. The number of rotatable bonds is 9. The summed E-state index contributed by atoms with van der Waals surface area (Å²) in [6, 6.07) is -0.211. The van der Waals surface area contributed by atoms with Crippen LogP contribution in [-0.2, 0) is 14.3 Å². The predicted molar refractivity (Wildman–Crippen MR) is 114 cm³/mol. The van der Waals surface area contributed by atoms with Gasteiger partial charge in [-0.1, -0.05) is 24.3 Å². The zero-order chi connectivity index (χ0) is 21.4. The van der Waals surface area contributed by atoms with Crippen LogP contribution in [0.5, 0.6) is 0 Å². The van der Waals surface area contributed by atoms with Crippen LogP contribution in [0.25, 0.3) is 0 Å². The Morgan fingerprint density at radius 2 is 1.47 bits per heavy atom. The van der Waals surface area contributed by atoms with E-state index in [0.717, 1.165) is 25.7 Å². The minimum atomic E-state index is -0.242. The molecule has 2 amide bonds. The molecular weight excluding hydrogens is 380 g/mol. The van der Waals surface area contributed by atoms with E-state index in [2.05, 4.69) is 34.9 Å². The molecule has 2 N–H and O–H groups in total. The first-order chi connectivity index (χ1) is 14.4. The topological polar surface area (TPSA) is 84.5 Å². The number of hydrogen-bond acceptors (Lipinski definition) is 4. The predicted octanol–water partition coefficient (Wildman–Crippen LogP) is 3.38. The molecule has 2 saturated carbocycles. The number of amides is 2. The van der Waals surface area contributed by atoms with Crippen molar-refractivity contribution in [2.45, 2.75) is 52.4 Å². The highest BCUT2D eigenvalue weighted by atomic mass is 16.5. The smallest absolute Gasteiger partial charge is 0.314 e. The van der Waals surface area contributed by atoms with E-state index in [9.17, 15) is 14.4 Å². The first-order valence-electron chi connectivity index (χ1n) is 11.4. The number of urea groups is 1. The molecule has 4 rings (SSSR count). The fourth-order valence-corrected chi connectivity index (χ4v) is 6.69. The molecule has 6 atom stereocenters. The van der Waals surface area contributed by atoms with E-state index in [4.69, 9.17) is 4.74 Å². The van der Waals surface area contributed by atoms with Crippen molar-refractivity contribution in [3.8, 4) is 0 Å². The number of ketones is 1. The number of carbonyl (C=O) groups is 3. The van der Waals surface area contributed by atoms with Crippen LogP contribution in [0.1, 0.15) is 52.4 Å². The molecule has 4 aliphatic carbocycles. The molecule has 0 radical (unpaired) electrons. The van der Waals surface area contributed by atoms with Gasteiger partial charge >= 0.3 is 12.0 Å². The van der Waals surface area contributed by atoms with Crippen molar-refractivity contribution in [2.75, 3.05) is 19.7 Å². The van der Waals surface area contributed by atoms with Gasteiger partial charge in [0.05, 0.1) is 13.0 Å². The number of Topliss-reactive ketones (excluding diaryl/α,β-unsaturated/α-hetero) is 1. The van der Waals surface area contributed by atoms with Gasteiger partial charge in [-0.05, 0) is 63.2 Å². The molecule has 6 nitrogen and oxygen atoms in total. The van der Waals surface area contributed by atoms with E-state index >= 15 is 0 Å². The summed E-state index contributed by atoms with van der Waals surface area (Å²) in [7, 11) is 0. The van der Waals surface area contributed by atoms with E-state index in [0.29, 0.717) is 56.2 Å². The summed E-state index contributed by atoms with van der Waals surface area (Å²) in [4.78, 5) is 36.7. The first-order valence-corrected chi connectivity index (χ1v) is 11.4. The highest BCUT2D eigenvalue weighted by Crippen LogP contribution is 2.59. The quantitative estimate of drug-likeness (QED) is 0.447. The van der Waals surface area contributed by atoms with Crippen LogP contribution in [-0.4, -0.2) is 37.5 Å². The Bertz CT molecular complexity index is 775. The van der Waals surface area contributed by atoms with Gasteiger partial charge in [-0.2, -0.15) is 0 Å². The summed E-state index contributed by atoms with van der Waals surface area (Å²) in [5.74, 6) is 1.94. The van der Waals surface area contributed by atoms with Gasteiger partial charge in [0.2, 0.25) is 0 Å². The number of fused-ring (bicyclic) bond motifs is 2. The molecule has 164 valence electrons. The van der Waals surface area contributed by atoms with Crippen molar-refractivity contribution >= 4 is 17.8 Å². The Morgan fingerprint density at radius 1 is 0.933 bits per heavy atom. The van der Waals surface area contributed by atoms with Crippen LogP contribution in [0.15, 0.2) is 24.3 Å². The van der Waals surface area contributed by atoms with Crippen molar-refractivity contribution in [1.82, 2.24) is 10.6 Å². The third kappa shape index (κ3) is 3.81. The molecule has 0 aromatic rings. The average molecular weight is 415 g/mol. The average Bonchev–Trinajstić information content (AvgIpc) is 3.26. The van der Waals surface area contributed by atoms with Crippen molar-refractivity contribution < 1.29 is 19.1 Å². The molecule has 30 heavy (non-hydrogen) atoms. The van der Waals surface area contributed by atoms with Crippen molar-refractivity contribution in [3.63, 3.8) is 0 Å². The maximum Gasteiger partial charge on any atom is 0.314 e. The van der Waals surface area contributed by atoms with Crippen LogP contribution in [0.3, 0.4) is 0 Å². The van der Waals surface area contributed by atoms with Crippen LogP contribution < -0.4 is 10.6 Å². The molecule has 0 heterocycles. The fraction of sp³-hybridized carbons (Fsp3) is 0.708. The molecule has 6 heteroatoms. The molecule has 0 aliphatic heterocycles. The summed E-state index contributed by atoms with van der Waals surface area (Å²) in [5, 5.41) is 6.06. The minimum Gasteiger partial charge on any atom is -0.466 e. The number of allylic oxidation sites excluding steroid dienone is 4. The minimum absolute atomic E-state index is 0.140. The van der Waals surface area contributed by atoms with E-state index in [-0.39, 0.29) is 28.6 Å². The maximum absolute atomic E-state index is 12.6. The normalized spacial score (nSPS) is 37.5. The van der Waals surface area contributed by atoms with Crippen LogP contribution >= 0.6 is 0 Å². The first kappa shape index (κ1) is 21.1. The lowest BCUT2D eigenvalue weighted by atomic mass is 9.53. The lowest BCUT2D eigenvalue weighted by molar-refractivity contribution is -0.150. The molecule has 6 unspecified atom stereocenters. The summed E-state index contributed by atoms with van der Waals surface area (Å²) in [6.45, 7) is 4.81. The second kappa shape index (κ2) is 8.20.